The number of methoxy groups -OCH3 is 1. The smallest absolute Gasteiger partial charge is 0.251 e. The van der Waals surface area contributed by atoms with Crippen molar-refractivity contribution in [1.29, 1.82) is 0 Å². The SMILES string of the molecule is COc1cc(C(=O)N[C@@H]2CC(=O)N(C)C2)ccc1OC1CCCC1. The van der Waals surface area contributed by atoms with Crippen LogP contribution in [-0.2, 0) is 4.79 Å². The highest BCUT2D eigenvalue weighted by Gasteiger charge is 2.28. The predicted octanol–water partition coefficient (Wildman–Crippen LogP) is 1.98. The molecule has 2 amide bonds. The summed E-state index contributed by atoms with van der Waals surface area (Å²) >= 11 is 0. The van der Waals surface area contributed by atoms with E-state index in [9.17, 15) is 9.59 Å². The second-order valence-corrected chi connectivity index (χ2v) is 6.54. The van der Waals surface area contributed by atoms with Crippen molar-refractivity contribution in [3.63, 3.8) is 0 Å². The Labute approximate surface area is 142 Å². The van der Waals surface area contributed by atoms with E-state index in [1.807, 2.05) is 0 Å². The van der Waals surface area contributed by atoms with E-state index in [-0.39, 0.29) is 24.0 Å². The molecule has 0 unspecified atom stereocenters. The highest BCUT2D eigenvalue weighted by Crippen LogP contribution is 2.32. The highest BCUT2D eigenvalue weighted by molar-refractivity contribution is 5.95. The van der Waals surface area contributed by atoms with Crippen LogP contribution in [0.15, 0.2) is 18.2 Å². The minimum absolute atomic E-state index is 0.0539. The number of carbonyl (C=O) groups is 2. The molecular formula is C18H24N2O4. The summed E-state index contributed by atoms with van der Waals surface area (Å²) in [6, 6.07) is 5.08. The first-order chi connectivity index (χ1) is 11.6. The molecule has 1 aromatic rings. The van der Waals surface area contributed by atoms with Crippen molar-refractivity contribution in [3.05, 3.63) is 23.8 Å². The van der Waals surface area contributed by atoms with Crippen LogP contribution in [0.5, 0.6) is 11.5 Å². The largest absolute Gasteiger partial charge is 0.493 e. The Hall–Kier alpha value is -2.24. The van der Waals surface area contributed by atoms with Crippen LogP contribution in [0, 0.1) is 0 Å². The number of likely N-dealkylation sites (N-methyl/N-ethyl adjacent to an activating group) is 1. The van der Waals surface area contributed by atoms with E-state index in [4.69, 9.17) is 9.47 Å². The molecule has 3 rings (SSSR count). The summed E-state index contributed by atoms with van der Waals surface area (Å²) in [6.07, 6.45) is 5.11. The van der Waals surface area contributed by atoms with Crippen molar-refractivity contribution in [2.45, 2.75) is 44.2 Å². The zero-order valence-electron chi connectivity index (χ0n) is 14.2. The maximum absolute atomic E-state index is 12.4. The van der Waals surface area contributed by atoms with Crippen LogP contribution in [0.1, 0.15) is 42.5 Å². The number of hydrogen-bond donors (Lipinski definition) is 1. The second-order valence-electron chi connectivity index (χ2n) is 6.54. The molecule has 0 radical (unpaired) electrons. The first-order valence-corrected chi connectivity index (χ1v) is 8.46. The predicted molar refractivity (Wildman–Crippen MR) is 89.4 cm³/mol. The number of ether oxygens (including phenoxy) is 2. The number of nitrogens with zero attached hydrogens (tertiary/aromatic N) is 1. The lowest BCUT2D eigenvalue weighted by Crippen LogP contribution is -2.36. The van der Waals surface area contributed by atoms with Crippen molar-refractivity contribution >= 4 is 11.8 Å². The van der Waals surface area contributed by atoms with Gasteiger partial charge in [0.25, 0.3) is 5.91 Å². The van der Waals surface area contributed by atoms with Crippen LogP contribution in [-0.4, -0.2) is 49.6 Å². The van der Waals surface area contributed by atoms with Gasteiger partial charge in [-0.1, -0.05) is 0 Å². The molecule has 1 atom stereocenters. The Morgan fingerprint density at radius 3 is 2.62 bits per heavy atom. The molecule has 1 saturated heterocycles. The molecule has 0 spiro atoms. The zero-order chi connectivity index (χ0) is 17.1. The minimum Gasteiger partial charge on any atom is -0.493 e. The van der Waals surface area contributed by atoms with Crippen molar-refractivity contribution in [2.75, 3.05) is 20.7 Å². The first kappa shape index (κ1) is 16.6. The average Bonchev–Trinajstić information content (AvgIpc) is 3.18. The fourth-order valence-corrected chi connectivity index (χ4v) is 3.32. The molecule has 6 nitrogen and oxygen atoms in total. The number of benzene rings is 1. The van der Waals surface area contributed by atoms with Gasteiger partial charge in [-0.2, -0.15) is 0 Å². The molecule has 6 heteroatoms. The molecule has 1 N–H and O–H groups in total. The molecule has 130 valence electrons. The summed E-state index contributed by atoms with van der Waals surface area (Å²) in [5, 5.41) is 2.90. The van der Waals surface area contributed by atoms with Crippen LogP contribution in [0.2, 0.25) is 0 Å². The Bertz CT molecular complexity index is 625. The fraction of sp³-hybridized carbons (Fsp3) is 0.556. The van der Waals surface area contributed by atoms with E-state index >= 15 is 0 Å². The molecule has 1 aliphatic heterocycles. The summed E-state index contributed by atoms with van der Waals surface area (Å²) in [7, 11) is 3.32. The maximum Gasteiger partial charge on any atom is 0.251 e. The Kier molecular flexibility index (Phi) is 4.92. The number of nitrogens with one attached hydrogen (secondary N) is 1. The lowest BCUT2D eigenvalue weighted by atomic mass is 10.1. The van der Waals surface area contributed by atoms with Crippen LogP contribution >= 0.6 is 0 Å². The minimum atomic E-state index is -0.200. The first-order valence-electron chi connectivity index (χ1n) is 8.46. The van der Waals surface area contributed by atoms with Gasteiger partial charge in [0.1, 0.15) is 0 Å². The molecule has 0 aromatic heterocycles. The van der Waals surface area contributed by atoms with Crippen LogP contribution < -0.4 is 14.8 Å². The van der Waals surface area contributed by atoms with Gasteiger partial charge in [0, 0.05) is 25.6 Å². The van der Waals surface area contributed by atoms with Gasteiger partial charge in [-0.15, -0.1) is 0 Å². The van der Waals surface area contributed by atoms with Crippen molar-refractivity contribution < 1.29 is 19.1 Å². The van der Waals surface area contributed by atoms with Gasteiger partial charge in [-0.25, -0.2) is 0 Å². The third-order valence-corrected chi connectivity index (χ3v) is 4.70. The molecule has 2 aliphatic rings. The molecule has 1 aliphatic carbocycles. The van der Waals surface area contributed by atoms with Gasteiger partial charge >= 0.3 is 0 Å². The highest BCUT2D eigenvalue weighted by atomic mass is 16.5. The van der Waals surface area contributed by atoms with Crippen LogP contribution in [0.4, 0.5) is 0 Å². The number of hydrogen-bond acceptors (Lipinski definition) is 4. The van der Waals surface area contributed by atoms with Gasteiger partial charge < -0.3 is 19.7 Å². The topological polar surface area (TPSA) is 67.9 Å². The monoisotopic (exact) mass is 332 g/mol. The molecule has 0 bridgehead atoms. The number of carbonyl (C=O) groups excluding carboxylic acids is 2. The van der Waals surface area contributed by atoms with Gasteiger partial charge in [-0.05, 0) is 43.9 Å². The molecule has 2 fully saturated rings. The Morgan fingerprint density at radius 1 is 1.25 bits per heavy atom. The second kappa shape index (κ2) is 7.11. The lowest BCUT2D eigenvalue weighted by Gasteiger charge is -2.17. The van der Waals surface area contributed by atoms with Crippen molar-refractivity contribution in [1.82, 2.24) is 10.2 Å². The van der Waals surface area contributed by atoms with E-state index in [0.29, 0.717) is 30.0 Å². The van der Waals surface area contributed by atoms with E-state index in [0.717, 1.165) is 12.8 Å². The average molecular weight is 332 g/mol. The third-order valence-electron chi connectivity index (χ3n) is 4.70. The molecule has 24 heavy (non-hydrogen) atoms. The molecular weight excluding hydrogens is 308 g/mol. The third kappa shape index (κ3) is 3.63. The van der Waals surface area contributed by atoms with E-state index in [1.165, 1.54) is 12.8 Å². The summed E-state index contributed by atoms with van der Waals surface area (Å²) in [5.74, 6) is 1.10. The van der Waals surface area contributed by atoms with Crippen LogP contribution in [0.25, 0.3) is 0 Å². The standard InChI is InChI=1S/C18H24N2O4/c1-20-11-13(10-17(20)21)19-18(22)12-7-8-15(16(9-12)23-2)24-14-5-3-4-6-14/h7-9,13-14H,3-6,10-11H2,1-2H3,(H,19,22)/t13-/m1/s1. The fourth-order valence-electron chi connectivity index (χ4n) is 3.32. The van der Waals surface area contributed by atoms with Gasteiger partial charge in [0.15, 0.2) is 11.5 Å². The molecule has 1 aromatic carbocycles. The normalized spacial score (nSPS) is 21.2. The van der Waals surface area contributed by atoms with Crippen molar-refractivity contribution in [3.8, 4) is 11.5 Å². The Morgan fingerprint density at radius 2 is 2.00 bits per heavy atom. The molecule has 1 heterocycles. The molecule has 1 saturated carbocycles. The number of rotatable bonds is 5. The lowest BCUT2D eigenvalue weighted by molar-refractivity contribution is -0.126. The van der Waals surface area contributed by atoms with E-state index in [2.05, 4.69) is 5.32 Å². The van der Waals surface area contributed by atoms with E-state index < -0.39 is 0 Å². The van der Waals surface area contributed by atoms with E-state index in [1.54, 1.807) is 37.3 Å². The summed E-state index contributed by atoms with van der Waals surface area (Å²) < 4.78 is 11.4. The van der Waals surface area contributed by atoms with Crippen molar-refractivity contribution in [2.24, 2.45) is 0 Å². The quantitative estimate of drug-likeness (QED) is 0.895. The van der Waals surface area contributed by atoms with Gasteiger partial charge in [0.05, 0.1) is 19.3 Å². The van der Waals surface area contributed by atoms with Crippen LogP contribution in [0.3, 0.4) is 0 Å². The summed E-state index contributed by atoms with van der Waals surface area (Å²) in [6.45, 7) is 0.546. The summed E-state index contributed by atoms with van der Waals surface area (Å²) in [5.41, 5.74) is 0.507. The Balaban J connectivity index is 1.67. The summed E-state index contributed by atoms with van der Waals surface area (Å²) in [4.78, 5) is 25.6. The number of likely N-dealkylation sites (tertiary alicyclic amines) is 1. The van der Waals surface area contributed by atoms with Gasteiger partial charge in [-0.3, -0.25) is 9.59 Å². The zero-order valence-corrected chi connectivity index (χ0v) is 14.2. The van der Waals surface area contributed by atoms with Gasteiger partial charge in [0.2, 0.25) is 5.91 Å². The number of amides is 2. The maximum atomic E-state index is 12.4.